The Kier molecular flexibility index (Phi) is 3.46. The number of aldehydes is 1. The van der Waals surface area contributed by atoms with Crippen LogP contribution in [0.4, 0.5) is 0 Å². The molecule has 3 aromatic rings. The minimum atomic E-state index is -3.93. The Morgan fingerprint density at radius 1 is 1.09 bits per heavy atom. The van der Waals surface area contributed by atoms with Crippen LogP contribution in [0.5, 0.6) is 5.75 Å². The van der Waals surface area contributed by atoms with Gasteiger partial charge in [-0.1, -0.05) is 29.8 Å². The monoisotopic (exact) mass is 315 g/mol. The van der Waals surface area contributed by atoms with E-state index < -0.39 is 10.1 Å². The molecule has 0 bridgehead atoms. The normalized spacial score (nSPS) is 11.5. The van der Waals surface area contributed by atoms with Crippen LogP contribution in [-0.4, -0.2) is 19.7 Å². The molecule has 0 aliphatic carbocycles. The van der Waals surface area contributed by atoms with E-state index in [-0.39, 0.29) is 10.6 Å². The number of carbonyl (C=O) groups is 1. The zero-order chi connectivity index (χ0) is 15.7. The largest absolute Gasteiger partial charge is 0.377 e. The van der Waals surface area contributed by atoms with Crippen molar-refractivity contribution in [3.63, 3.8) is 0 Å². The average molecular weight is 315 g/mol. The van der Waals surface area contributed by atoms with E-state index in [4.69, 9.17) is 4.18 Å². The van der Waals surface area contributed by atoms with Crippen molar-refractivity contribution < 1.29 is 17.4 Å². The van der Waals surface area contributed by atoms with Gasteiger partial charge in [-0.25, -0.2) is 0 Å². The van der Waals surface area contributed by atoms with Gasteiger partial charge < -0.3 is 9.17 Å². The second kappa shape index (κ2) is 5.31. The van der Waals surface area contributed by atoms with Gasteiger partial charge in [0.2, 0.25) is 0 Å². The Morgan fingerprint density at radius 3 is 2.50 bits per heavy atom. The Bertz CT molecular complexity index is 940. The summed E-state index contributed by atoms with van der Waals surface area (Å²) in [4.78, 5) is 13.8. The van der Waals surface area contributed by atoms with E-state index in [1.807, 2.05) is 6.92 Å². The van der Waals surface area contributed by atoms with Crippen LogP contribution in [0.3, 0.4) is 0 Å². The number of aromatic amines is 1. The minimum Gasteiger partial charge on any atom is -0.377 e. The van der Waals surface area contributed by atoms with Crippen LogP contribution >= 0.6 is 0 Å². The minimum absolute atomic E-state index is 0.0808. The molecule has 0 radical (unpaired) electrons. The third kappa shape index (κ3) is 2.60. The first-order valence-electron chi connectivity index (χ1n) is 6.58. The molecule has 1 aromatic heterocycles. The summed E-state index contributed by atoms with van der Waals surface area (Å²) < 4.78 is 29.9. The van der Waals surface area contributed by atoms with Crippen molar-refractivity contribution >= 4 is 27.3 Å². The second-order valence-electron chi connectivity index (χ2n) is 4.91. The number of H-pyrrole nitrogens is 1. The molecule has 22 heavy (non-hydrogen) atoms. The summed E-state index contributed by atoms with van der Waals surface area (Å²) in [6.07, 6.45) is 0.665. The molecule has 0 aliphatic heterocycles. The first-order chi connectivity index (χ1) is 10.5. The van der Waals surface area contributed by atoms with Crippen molar-refractivity contribution in [3.8, 4) is 5.75 Å². The molecule has 2 aromatic carbocycles. The fourth-order valence-electron chi connectivity index (χ4n) is 2.15. The summed E-state index contributed by atoms with van der Waals surface area (Å²) in [5.41, 5.74) is 1.79. The van der Waals surface area contributed by atoms with Crippen molar-refractivity contribution in [2.24, 2.45) is 0 Å². The summed E-state index contributed by atoms with van der Waals surface area (Å²) in [5.74, 6) is 0.158. The van der Waals surface area contributed by atoms with Gasteiger partial charge in [0.05, 0.1) is 11.2 Å². The molecule has 3 rings (SSSR count). The number of aryl methyl sites for hydroxylation is 1. The van der Waals surface area contributed by atoms with E-state index in [9.17, 15) is 13.2 Å². The number of benzene rings is 2. The molecule has 0 saturated heterocycles. The number of fused-ring (bicyclic) bond motifs is 1. The van der Waals surface area contributed by atoms with Gasteiger partial charge in [-0.3, -0.25) is 4.79 Å². The maximum absolute atomic E-state index is 12.3. The third-order valence-corrected chi connectivity index (χ3v) is 4.52. The number of carbonyl (C=O) groups excluding carboxylic acids is 1. The smallest absolute Gasteiger partial charge is 0.339 e. The van der Waals surface area contributed by atoms with Crippen molar-refractivity contribution in [1.29, 1.82) is 0 Å². The number of nitrogens with one attached hydrogen (secondary N) is 1. The quantitative estimate of drug-likeness (QED) is 0.593. The van der Waals surface area contributed by atoms with E-state index in [1.165, 1.54) is 12.1 Å². The molecule has 0 unspecified atom stereocenters. The van der Waals surface area contributed by atoms with Crippen LogP contribution in [0.1, 0.15) is 16.1 Å². The first-order valence-corrected chi connectivity index (χ1v) is 7.98. The zero-order valence-electron chi connectivity index (χ0n) is 11.7. The zero-order valence-corrected chi connectivity index (χ0v) is 12.6. The summed E-state index contributed by atoms with van der Waals surface area (Å²) in [7, 11) is -3.93. The summed E-state index contributed by atoms with van der Waals surface area (Å²) in [6, 6.07) is 13.0. The molecule has 0 aliphatic rings. The average Bonchev–Trinajstić information content (AvgIpc) is 2.92. The van der Waals surface area contributed by atoms with E-state index in [0.29, 0.717) is 22.9 Å². The van der Waals surface area contributed by atoms with Crippen molar-refractivity contribution in [2.45, 2.75) is 11.8 Å². The molecule has 6 heteroatoms. The number of hydrogen-bond acceptors (Lipinski definition) is 4. The Morgan fingerprint density at radius 2 is 1.82 bits per heavy atom. The highest BCUT2D eigenvalue weighted by Gasteiger charge is 2.18. The van der Waals surface area contributed by atoms with Crippen LogP contribution in [0.15, 0.2) is 53.4 Å². The van der Waals surface area contributed by atoms with Crippen molar-refractivity contribution in [1.82, 2.24) is 4.98 Å². The van der Waals surface area contributed by atoms with Gasteiger partial charge in [-0.05, 0) is 31.2 Å². The lowest BCUT2D eigenvalue weighted by molar-refractivity contribution is 0.112. The van der Waals surface area contributed by atoms with Crippen molar-refractivity contribution in [2.75, 3.05) is 0 Å². The highest BCUT2D eigenvalue weighted by Crippen LogP contribution is 2.28. The van der Waals surface area contributed by atoms with Gasteiger partial charge in [0.15, 0.2) is 12.0 Å². The second-order valence-corrected chi connectivity index (χ2v) is 6.46. The number of hydrogen-bond donors (Lipinski definition) is 1. The molecular formula is C16H13NO4S. The van der Waals surface area contributed by atoms with Crippen LogP contribution in [-0.2, 0) is 10.1 Å². The molecule has 112 valence electrons. The molecule has 1 N–H and O–H groups in total. The Balaban J connectivity index is 2.03. The molecule has 0 fully saturated rings. The highest BCUT2D eigenvalue weighted by molar-refractivity contribution is 7.87. The number of para-hydroxylation sites is 1. The highest BCUT2D eigenvalue weighted by atomic mass is 32.2. The van der Waals surface area contributed by atoms with Crippen LogP contribution < -0.4 is 4.18 Å². The standard InChI is InChI=1S/C16H13NO4S/c1-11-5-7-14(8-6-11)22(19,20)21-15-4-2-3-12-9-13(10-18)17-16(12)15/h2-10,17H,1H3. The van der Waals surface area contributed by atoms with E-state index in [0.717, 1.165) is 5.56 Å². The maximum atomic E-state index is 12.3. The Hall–Kier alpha value is -2.60. The lowest BCUT2D eigenvalue weighted by Gasteiger charge is -2.08. The van der Waals surface area contributed by atoms with Crippen LogP contribution in [0.2, 0.25) is 0 Å². The topological polar surface area (TPSA) is 76.2 Å². The summed E-state index contributed by atoms with van der Waals surface area (Å²) in [6.45, 7) is 1.87. The van der Waals surface area contributed by atoms with Crippen LogP contribution in [0.25, 0.3) is 10.9 Å². The third-order valence-electron chi connectivity index (χ3n) is 3.27. The lowest BCUT2D eigenvalue weighted by Crippen LogP contribution is -2.10. The molecule has 0 amide bonds. The van der Waals surface area contributed by atoms with Gasteiger partial charge in [-0.2, -0.15) is 8.42 Å². The lowest BCUT2D eigenvalue weighted by atomic mass is 10.2. The molecule has 0 atom stereocenters. The molecule has 1 heterocycles. The van der Waals surface area contributed by atoms with E-state index in [1.54, 1.807) is 36.4 Å². The van der Waals surface area contributed by atoms with E-state index in [2.05, 4.69) is 4.98 Å². The summed E-state index contributed by atoms with van der Waals surface area (Å²) in [5, 5.41) is 0.707. The van der Waals surface area contributed by atoms with Gasteiger partial charge >= 0.3 is 10.1 Å². The molecular weight excluding hydrogens is 302 g/mol. The predicted octanol–water partition coefficient (Wildman–Crippen LogP) is 3.06. The number of aromatic nitrogens is 1. The van der Waals surface area contributed by atoms with Gasteiger partial charge in [-0.15, -0.1) is 0 Å². The number of rotatable bonds is 4. The molecule has 5 nitrogen and oxygen atoms in total. The van der Waals surface area contributed by atoms with Gasteiger partial charge in [0.1, 0.15) is 4.90 Å². The van der Waals surface area contributed by atoms with Gasteiger partial charge in [0.25, 0.3) is 0 Å². The fourth-order valence-corrected chi connectivity index (χ4v) is 3.10. The Labute approximate surface area is 127 Å². The predicted molar refractivity (Wildman–Crippen MR) is 82.7 cm³/mol. The fraction of sp³-hybridized carbons (Fsp3) is 0.0625. The summed E-state index contributed by atoms with van der Waals surface area (Å²) >= 11 is 0. The first kappa shape index (κ1) is 14.3. The van der Waals surface area contributed by atoms with Crippen LogP contribution in [0, 0.1) is 6.92 Å². The molecule has 0 spiro atoms. The maximum Gasteiger partial charge on any atom is 0.339 e. The molecule has 0 saturated carbocycles. The van der Waals surface area contributed by atoms with Gasteiger partial charge in [0, 0.05) is 5.39 Å². The van der Waals surface area contributed by atoms with E-state index >= 15 is 0 Å². The van der Waals surface area contributed by atoms with Crippen molar-refractivity contribution in [3.05, 3.63) is 59.8 Å². The SMILES string of the molecule is Cc1ccc(S(=O)(=O)Oc2cccc3cc(C=O)[nH]c23)cc1.